The molecule has 2 unspecified atom stereocenters. The van der Waals surface area contributed by atoms with Crippen molar-refractivity contribution in [2.24, 2.45) is 0 Å². The lowest BCUT2D eigenvalue weighted by atomic mass is 9.80. The third-order valence-electron chi connectivity index (χ3n) is 5.35. The van der Waals surface area contributed by atoms with E-state index in [0.29, 0.717) is 12.8 Å². The minimum Gasteiger partial charge on any atom is -0.464 e. The zero-order valence-corrected chi connectivity index (χ0v) is 15.0. The lowest BCUT2D eigenvalue weighted by Gasteiger charge is -2.43. The van der Waals surface area contributed by atoms with Gasteiger partial charge in [0.05, 0.1) is 11.9 Å². The quantitative estimate of drug-likeness (QED) is 0.843. The summed E-state index contributed by atoms with van der Waals surface area (Å²) < 4.78 is 11.2. The highest BCUT2D eigenvalue weighted by Gasteiger charge is 2.51. The zero-order chi connectivity index (χ0) is 17.8. The third kappa shape index (κ3) is 2.80. The number of piperidine rings is 1. The van der Waals surface area contributed by atoms with Crippen LogP contribution >= 0.6 is 0 Å². The highest BCUT2D eigenvalue weighted by Crippen LogP contribution is 2.48. The van der Waals surface area contributed by atoms with Gasteiger partial charge in [-0.2, -0.15) is 0 Å². The molecule has 2 fully saturated rings. The summed E-state index contributed by atoms with van der Waals surface area (Å²) in [5.74, 6) is 0. The number of benzene rings is 1. The van der Waals surface area contributed by atoms with E-state index < -0.39 is 11.2 Å². The fraction of sp³-hybridized carbons (Fsp3) is 0.550. The zero-order valence-electron chi connectivity index (χ0n) is 15.0. The van der Waals surface area contributed by atoms with Gasteiger partial charge in [0.1, 0.15) is 11.2 Å². The van der Waals surface area contributed by atoms with E-state index in [-0.39, 0.29) is 18.2 Å². The molecular formula is C20H25NO4. The second-order valence-electron chi connectivity index (χ2n) is 8.36. The molecule has 2 saturated heterocycles. The molecule has 4 rings (SSSR count). The topological polar surface area (TPSA) is 62.9 Å². The Morgan fingerprint density at radius 3 is 2.52 bits per heavy atom. The second-order valence-corrected chi connectivity index (χ2v) is 8.36. The van der Waals surface area contributed by atoms with Gasteiger partial charge in [-0.1, -0.05) is 18.2 Å². The Bertz CT molecular complexity index is 789. The standard InChI is InChI=1S/C20H25NO4/c1-19(2,3)25-18(22)21-13-8-9-14(21)11-20(23,10-13)16-12-24-17-7-5-4-6-15(16)17/h4-7,12-14,23H,8-11H2,1-3H3. The molecule has 5 heteroatoms. The van der Waals surface area contributed by atoms with Gasteiger partial charge in [0.25, 0.3) is 0 Å². The number of aliphatic hydroxyl groups is 1. The number of para-hydroxylation sites is 1. The van der Waals surface area contributed by atoms with E-state index in [1.807, 2.05) is 49.9 Å². The minimum atomic E-state index is -0.961. The van der Waals surface area contributed by atoms with Crippen molar-refractivity contribution in [2.45, 2.75) is 69.7 Å². The van der Waals surface area contributed by atoms with Gasteiger partial charge >= 0.3 is 6.09 Å². The van der Waals surface area contributed by atoms with E-state index in [4.69, 9.17) is 9.15 Å². The van der Waals surface area contributed by atoms with E-state index >= 15 is 0 Å². The van der Waals surface area contributed by atoms with Gasteiger partial charge in [0.15, 0.2) is 0 Å². The van der Waals surface area contributed by atoms with Crippen LogP contribution in [0.1, 0.15) is 52.0 Å². The number of furan rings is 1. The van der Waals surface area contributed by atoms with Gasteiger partial charge in [-0.25, -0.2) is 4.79 Å². The maximum Gasteiger partial charge on any atom is 0.410 e. The molecule has 134 valence electrons. The molecule has 2 atom stereocenters. The average Bonchev–Trinajstić information content (AvgIpc) is 3.06. The number of fused-ring (bicyclic) bond motifs is 3. The largest absolute Gasteiger partial charge is 0.464 e. The lowest BCUT2D eigenvalue weighted by Crippen LogP contribution is -2.53. The predicted molar refractivity (Wildman–Crippen MR) is 94.2 cm³/mol. The SMILES string of the molecule is CC(C)(C)OC(=O)N1C2CCC1CC(O)(c1coc3ccccc13)C2. The van der Waals surface area contributed by atoms with Crippen LogP contribution in [0.5, 0.6) is 0 Å². The summed E-state index contributed by atoms with van der Waals surface area (Å²) in [6, 6.07) is 7.78. The van der Waals surface area contributed by atoms with Crippen LogP contribution in [0.25, 0.3) is 11.0 Å². The Morgan fingerprint density at radius 1 is 1.24 bits per heavy atom. The first-order valence-corrected chi connectivity index (χ1v) is 8.97. The maximum absolute atomic E-state index is 12.6. The highest BCUT2D eigenvalue weighted by atomic mass is 16.6. The molecule has 1 amide bonds. The number of hydrogen-bond donors (Lipinski definition) is 1. The molecule has 1 N–H and O–H groups in total. The molecule has 3 heterocycles. The van der Waals surface area contributed by atoms with Crippen LogP contribution in [0, 0.1) is 0 Å². The molecule has 2 bridgehead atoms. The van der Waals surface area contributed by atoms with E-state index in [0.717, 1.165) is 29.4 Å². The summed E-state index contributed by atoms with van der Waals surface area (Å²) >= 11 is 0. The number of carbonyl (C=O) groups excluding carboxylic acids is 1. The van der Waals surface area contributed by atoms with Crippen LogP contribution in [0.3, 0.4) is 0 Å². The van der Waals surface area contributed by atoms with Crippen molar-refractivity contribution in [1.29, 1.82) is 0 Å². The molecule has 1 aromatic carbocycles. The molecule has 25 heavy (non-hydrogen) atoms. The van der Waals surface area contributed by atoms with E-state index in [1.54, 1.807) is 6.26 Å². The van der Waals surface area contributed by atoms with Crippen molar-refractivity contribution in [2.75, 3.05) is 0 Å². The van der Waals surface area contributed by atoms with Crippen molar-refractivity contribution in [3.63, 3.8) is 0 Å². The van der Waals surface area contributed by atoms with Crippen molar-refractivity contribution >= 4 is 17.1 Å². The summed E-state index contributed by atoms with van der Waals surface area (Å²) in [5.41, 5.74) is 0.152. The van der Waals surface area contributed by atoms with Crippen LogP contribution in [0.15, 0.2) is 34.9 Å². The van der Waals surface area contributed by atoms with Crippen molar-refractivity contribution in [3.05, 3.63) is 36.1 Å². The first-order valence-electron chi connectivity index (χ1n) is 8.97. The number of rotatable bonds is 1. The smallest absolute Gasteiger partial charge is 0.410 e. The number of carbonyl (C=O) groups is 1. The van der Waals surface area contributed by atoms with Crippen molar-refractivity contribution in [1.82, 2.24) is 4.90 Å². The van der Waals surface area contributed by atoms with Crippen LogP contribution < -0.4 is 0 Å². The Hall–Kier alpha value is -2.01. The summed E-state index contributed by atoms with van der Waals surface area (Å²) in [7, 11) is 0. The molecular weight excluding hydrogens is 318 g/mol. The molecule has 0 aliphatic carbocycles. The van der Waals surface area contributed by atoms with Crippen molar-refractivity contribution in [3.8, 4) is 0 Å². The summed E-state index contributed by atoms with van der Waals surface area (Å²) in [6.07, 6.45) is 4.26. The Balaban J connectivity index is 1.61. The summed E-state index contributed by atoms with van der Waals surface area (Å²) in [5, 5.41) is 12.4. The van der Waals surface area contributed by atoms with Gasteiger partial charge in [-0.15, -0.1) is 0 Å². The first kappa shape index (κ1) is 16.5. The average molecular weight is 343 g/mol. The Kier molecular flexibility index (Phi) is 3.62. The van der Waals surface area contributed by atoms with Crippen LogP contribution in [0.4, 0.5) is 4.79 Å². The first-order chi connectivity index (χ1) is 11.8. The molecule has 0 spiro atoms. The summed E-state index contributed by atoms with van der Waals surface area (Å²) in [4.78, 5) is 14.4. The number of nitrogens with zero attached hydrogens (tertiary/aromatic N) is 1. The molecule has 0 radical (unpaired) electrons. The van der Waals surface area contributed by atoms with Crippen LogP contribution in [-0.2, 0) is 10.3 Å². The van der Waals surface area contributed by atoms with Gasteiger partial charge in [-0.3, -0.25) is 0 Å². The molecule has 2 aliphatic heterocycles. The second kappa shape index (κ2) is 5.49. The molecule has 0 saturated carbocycles. The van der Waals surface area contributed by atoms with Crippen LogP contribution in [0.2, 0.25) is 0 Å². The van der Waals surface area contributed by atoms with E-state index in [9.17, 15) is 9.90 Å². The van der Waals surface area contributed by atoms with Gasteiger partial charge in [0, 0.05) is 35.9 Å². The fourth-order valence-electron chi connectivity index (χ4n) is 4.40. The highest BCUT2D eigenvalue weighted by molar-refractivity contribution is 5.82. The molecule has 2 aromatic rings. The van der Waals surface area contributed by atoms with Gasteiger partial charge in [0.2, 0.25) is 0 Å². The third-order valence-corrected chi connectivity index (χ3v) is 5.35. The Labute approximate surface area is 147 Å². The molecule has 2 aliphatic rings. The number of ether oxygens (including phenoxy) is 1. The normalized spacial score (nSPS) is 29.2. The molecule has 1 aromatic heterocycles. The maximum atomic E-state index is 12.6. The van der Waals surface area contributed by atoms with Gasteiger partial charge < -0.3 is 19.2 Å². The van der Waals surface area contributed by atoms with Gasteiger partial charge in [-0.05, 0) is 39.7 Å². The van der Waals surface area contributed by atoms with E-state index in [1.165, 1.54) is 0 Å². The van der Waals surface area contributed by atoms with Crippen molar-refractivity contribution < 1.29 is 19.1 Å². The van der Waals surface area contributed by atoms with Crippen LogP contribution in [-0.4, -0.2) is 33.8 Å². The minimum absolute atomic E-state index is 0.00672. The van der Waals surface area contributed by atoms with E-state index in [2.05, 4.69) is 0 Å². The molecule has 5 nitrogen and oxygen atoms in total. The monoisotopic (exact) mass is 343 g/mol. The Morgan fingerprint density at radius 2 is 1.88 bits per heavy atom. The predicted octanol–water partition coefficient (Wildman–Crippen LogP) is 4.18. The summed E-state index contributed by atoms with van der Waals surface area (Å²) in [6.45, 7) is 5.64. The number of amides is 1. The number of hydrogen-bond acceptors (Lipinski definition) is 4. The fourth-order valence-corrected chi connectivity index (χ4v) is 4.40. The lowest BCUT2D eigenvalue weighted by molar-refractivity contribution is -0.0619.